The summed E-state index contributed by atoms with van der Waals surface area (Å²) in [4.78, 5) is 0. The third-order valence-corrected chi connectivity index (χ3v) is 4.08. The predicted octanol–water partition coefficient (Wildman–Crippen LogP) is 6.52. The highest BCUT2D eigenvalue weighted by Crippen LogP contribution is 2.33. The van der Waals surface area contributed by atoms with Crippen molar-refractivity contribution in [3.05, 3.63) is 62.6 Å². The minimum Gasteiger partial charge on any atom is -0.377 e. The van der Waals surface area contributed by atoms with Gasteiger partial charge in [-0.2, -0.15) is 0 Å². The van der Waals surface area contributed by atoms with Crippen LogP contribution in [0.15, 0.2) is 36.4 Å². The molecule has 1 N–H and O–H groups in total. The van der Waals surface area contributed by atoms with Crippen LogP contribution in [0.2, 0.25) is 15.1 Å². The Kier molecular flexibility index (Phi) is 5.20. The van der Waals surface area contributed by atoms with Crippen molar-refractivity contribution in [2.75, 3.05) is 5.32 Å². The zero-order chi connectivity index (χ0) is 14.7. The molecule has 0 amide bonds. The van der Waals surface area contributed by atoms with E-state index in [2.05, 4.69) is 12.2 Å². The molecule has 0 radical (unpaired) electrons. The molecule has 0 spiro atoms. The van der Waals surface area contributed by atoms with Gasteiger partial charge in [0.05, 0.1) is 16.8 Å². The van der Waals surface area contributed by atoms with Crippen molar-refractivity contribution in [3.8, 4) is 0 Å². The predicted molar refractivity (Wildman–Crippen MR) is 89.3 cm³/mol. The third kappa shape index (κ3) is 3.60. The number of nitrogens with one attached hydrogen (secondary N) is 1. The van der Waals surface area contributed by atoms with Crippen LogP contribution in [0.3, 0.4) is 0 Å². The maximum Gasteiger partial charge on any atom is 0.0640 e. The van der Waals surface area contributed by atoms with Crippen LogP contribution < -0.4 is 5.32 Å². The number of rotatable bonds is 4. The number of aryl methyl sites for hydroxylation is 1. The lowest BCUT2D eigenvalue weighted by molar-refractivity contribution is 0.749. The fourth-order valence-corrected chi connectivity index (χ4v) is 2.94. The second-order valence-corrected chi connectivity index (χ2v) is 6.01. The third-order valence-electron chi connectivity index (χ3n) is 3.20. The minimum atomic E-state index is 0.0972. The fraction of sp³-hybridized carbons (Fsp3) is 0.250. The first-order valence-corrected chi connectivity index (χ1v) is 7.62. The first-order valence-electron chi connectivity index (χ1n) is 6.49. The molecule has 0 aliphatic rings. The molecule has 0 saturated heterocycles. The Morgan fingerprint density at radius 2 is 1.75 bits per heavy atom. The van der Waals surface area contributed by atoms with Gasteiger partial charge in [0.1, 0.15) is 0 Å². The summed E-state index contributed by atoms with van der Waals surface area (Å²) in [6, 6.07) is 11.6. The van der Waals surface area contributed by atoms with Gasteiger partial charge in [-0.3, -0.25) is 0 Å². The summed E-state index contributed by atoms with van der Waals surface area (Å²) in [5.74, 6) is 0. The van der Waals surface area contributed by atoms with Crippen molar-refractivity contribution < 1.29 is 0 Å². The van der Waals surface area contributed by atoms with Gasteiger partial charge in [0.2, 0.25) is 0 Å². The Morgan fingerprint density at radius 3 is 2.35 bits per heavy atom. The Morgan fingerprint density at radius 1 is 1.00 bits per heavy atom. The van der Waals surface area contributed by atoms with E-state index in [1.165, 1.54) is 0 Å². The molecule has 2 aromatic carbocycles. The maximum absolute atomic E-state index is 6.28. The molecule has 20 heavy (non-hydrogen) atoms. The number of anilines is 1. The van der Waals surface area contributed by atoms with Crippen LogP contribution in [0.1, 0.15) is 30.5 Å². The zero-order valence-corrected chi connectivity index (χ0v) is 13.7. The van der Waals surface area contributed by atoms with Gasteiger partial charge in [0.15, 0.2) is 0 Å². The lowest BCUT2D eigenvalue weighted by Gasteiger charge is -2.21. The summed E-state index contributed by atoms with van der Waals surface area (Å²) < 4.78 is 0. The van der Waals surface area contributed by atoms with Gasteiger partial charge in [0.25, 0.3) is 0 Å². The molecule has 0 bridgehead atoms. The van der Waals surface area contributed by atoms with Gasteiger partial charge in [-0.05, 0) is 48.7 Å². The van der Waals surface area contributed by atoms with E-state index in [4.69, 9.17) is 34.8 Å². The molecule has 0 aliphatic carbocycles. The van der Waals surface area contributed by atoms with Crippen LogP contribution in [0.4, 0.5) is 5.69 Å². The second-order valence-electron chi connectivity index (χ2n) is 4.75. The Balaban J connectivity index is 2.28. The summed E-state index contributed by atoms with van der Waals surface area (Å²) in [7, 11) is 0. The molecule has 4 heteroatoms. The highest BCUT2D eigenvalue weighted by atomic mass is 35.5. The van der Waals surface area contributed by atoms with Crippen molar-refractivity contribution in [2.45, 2.75) is 26.3 Å². The molecular formula is C16H16Cl3N. The molecule has 1 unspecified atom stereocenters. The molecule has 1 nitrogen and oxygen atoms in total. The average Bonchev–Trinajstić information content (AvgIpc) is 2.39. The Bertz CT molecular complexity index is 611. The summed E-state index contributed by atoms with van der Waals surface area (Å²) in [5.41, 5.74) is 3.07. The smallest absolute Gasteiger partial charge is 0.0640 e. The molecule has 2 aromatic rings. The monoisotopic (exact) mass is 327 g/mol. The highest BCUT2D eigenvalue weighted by molar-refractivity contribution is 6.35. The van der Waals surface area contributed by atoms with E-state index in [0.29, 0.717) is 15.1 Å². The first kappa shape index (κ1) is 15.5. The van der Waals surface area contributed by atoms with Crippen molar-refractivity contribution in [2.24, 2.45) is 0 Å². The van der Waals surface area contributed by atoms with Gasteiger partial charge < -0.3 is 5.32 Å². The Hall–Kier alpha value is -0.890. The zero-order valence-electron chi connectivity index (χ0n) is 11.4. The number of benzene rings is 2. The van der Waals surface area contributed by atoms with Crippen molar-refractivity contribution in [1.82, 2.24) is 0 Å². The van der Waals surface area contributed by atoms with Gasteiger partial charge >= 0.3 is 0 Å². The maximum atomic E-state index is 6.28. The second kappa shape index (κ2) is 6.71. The van der Waals surface area contributed by atoms with Gasteiger partial charge in [-0.1, -0.05) is 53.9 Å². The molecular weight excluding hydrogens is 313 g/mol. The lowest BCUT2D eigenvalue weighted by atomic mass is 10.0. The highest BCUT2D eigenvalue weighted by Gasteiger charge is 2.14. The Labute approximate surface area is 134 Å². The molecule has 0 aromatic heterocycles. The number of hydrogen-bond acceptors (Lipinski definition) is 1. The van der Waals surface area contributed by atoms with E-state index < -0.39 is 0 Å². The van der Waals surface area contributed by atoms with Crippen molar-refractivity contribution in [1.29, 1.82) is 0 Å². The first-order chi connectivity index (χ1) is 9.51. The summed E-state index contributed by atoms with van der Waals surface area (Å²) in [5, 5.41) is 5.46. The molecule has 0 heterocycles. The molecule has 0 fully saturated rings. The van der Waals surface area contributed by atoms with Gasteiger partial charge in [0, 0.05) is 10.0 Å². The van der Waals surface area contributed by atoms with Gasteiger partial charge in [-0.15, -0.1) is 0 Å². The van der Waals surface area contributed by atoms with E-state index in [9.17, 15) is 0 Å². The van der Waals surface area contributed by atoms with Crippen LogP contribution in [0.5, 0.6) is 0 Å². The molecule has 106 valence electrons. The fourth-order valence-electron chi connectivity index (χ4n) is 2.11. The standard InChI is InChI=1S/C16H16Cl3N/c1-3-15(12-6-5-11(17)9-13(12)18)20-16-7-4-10(2)8-14(16)19/h4-9,15,20H,3H2,1-2H3. The van der Waals surface area contributed by atoms with E-state index in [1.807, 2.05) is 37.3 Å². The van der Waals surface area contributed by atoms with Crippen molar-refractivity contribution in [3.63, 3.8) is 0 Å². The SMILES string of the molecule is CCC(Nc1ccc(C)cc1Cl)c1ccc(Cl)cc1Cl. The number of hydrogen-bond donors (Lipinski definition) is 1. The minimum absolute atomic E-state index is 0.0972. The largest absolute Gasteiger partial charge is 0.377 e. The van der Waals surface area contributed by atoms with Crippen LogP contribution in [0.25, 0.3) is 0 Å². The average molecular weight is 329 g/mol. The van der Waals surface area contributed by atoms with Crippen molar-refractivity contribution >= 4 is 40.5 Å². The quantitative estimate of drug-likeness (QED) is 0.673. The summed E-state index contributed by atoms with van der Waals surface area (Å²) >= 11 is 18.5. The molecule has 1 atom stereocenters. The van der Waals surface area contributed by atoms with Crippen LogP contribution in [0, 0.1) is 6.92 Å². The van der Waals surface area contributed by atoms with Crippen LogP contribution in [-0.2, 0) is 0 Å². The van der Waals surface area contributed by atoms with E-state index in [1.54, 1.807) is 6.07 Å². The molecule has 0 aliphatic heterocycles. The van der Waals surface area contributed by atoms with E-state index in [-0.39, 0.29) is 6.04 Å². The number of halogens is 3. The molecule has 0 saturated carbocycles. The van der Waals surface area contributed by atoms with Crippen LogP contribution >= 0.6 is 34.8 Å². The molecule has 2 rings (SSSR count). The summed E-state index contributed by atoms with van der Waals surface area (Å²) in [6.07, 6.45) is 0.894. The van der Waals surface area contributed by atoms with E-state index >= 15 is 0 Å². The van der Waals surface area contributed by atoms with Gasteiger partial charge in [-0.25, -0.2) is 0 Å². The van der Waals surface area contributed by atoms with Crippen LogP contribution in [-0.4, -0.2) is 0 Å². The van der Waals surface area contributed by atoms with E-state index in [0.717, 1.165) is 23.2 Å². The normalized spacial score (nSPS) is 12.2. The lowest BCUT2D eigenvalue weighted by Crippen LogP contribution is -2.10. The topological polar surface area (TPSA) is 12.0 Å². The summed E-state index contributed by atoms with van der Waals surface area (Å²) in [6.45, 7) is 4.12.